The Morgan fingerprint density at radius 1 is 1.21 bits per heavy atom. The van der Waals surface area contributed by atoms with Gasteiger partial charge in [0.05, 0.1) is 6.61 Å². The Balaban J connectivity index is 2.61. The topological polar surface area (TPSA) is 26.3 Å². The van der Waals surface area contributed by atoms with Crippen LogP contribution >= 0.6 is 0 Å². The van der Waals surface area contributed by atoms with E-state index in [0.717, 1.165) is 18.6 Å². The molecular weight excluding hydrogens is 236 g/mol. The Morgan fingerprint density at radius 3 is 2.47 bits per heavy atom. The van der Waals surface area contributed by atoms with Gasteiger partial charge in [0.15, 0.2) is 0 Å². The summed E-state index contributed by atoms with van der Waals surface area (Å²) in [7, 11) is 0. The van der Waals surface area contributed by atoms with E-state index in [9.17, 15) is 4.79 Å². The van der Waals surface area contributed by atoms with Crippen LogP contribution in [0, 0.1) is 6.92 Å². The van der Waals surface area contributed by atoms with Crippen LogP contribution in [0.25, 0.3) is 0 Å². The van der Waals surface area contributed by atoms with Crippen molar-refractivity contribution in [1.29, 1.82) is 0 Å². The van der Waals surface area contributed by atoms with E-state index in [1.54, 1.807) is 6.92 Å². The van der Waals surface area contributed by atoms with Crippen molar-refractivity contribution in [3.05, 3.63) is 29.3 Å². The maximum Gasteiger partial charge on any atom is 0.129 e. The maximum absolute atomic E-state index is 10.9. The van der Waals surface area contributed by atoms with E-state index in [1.807, 2.05) is 0 Å². The molecule has 0 aromatic heterocycles. The predicted molar refractivity (Wildman–Crippen MR) is 79.9 cm³/mol. The van der Waals surface area contributed by atoms with Crippen molar-refractivity contribution in [1.82, 2.24) is 0 Å². The maximum atomic E-state index is 10.9. The minimum absolute atomic E-state index is 0.0841. The summed E-state index contributed by atoms with van der Waals surface area (Å²) in [5.41, 5.74) is 2.59. The van der Waals surface area contributed by atoms with E-state index < -0.39 is 0 Å². The summed E-state index contributed by atoms with van der Waals surface area (Å²) >= 11 is 0. The second kappa shape index (κ2) is 6.74. The van der Waals surface area contributed by atoms with Crippen molar-refractivity contribution in [2.45, 2.75) is 59.3 Å². The Morgan fingerprint density at radius 2 is 1.89 bits per heavy atom. The second-order valence-electron chi connectivity index (χ2n) is 6.26. The lowest BCUT2D eigenvalue weighted by molar-refractivity contribution is -0.117. The standard InChI is InChI=1S/C17H26O2/c1-13-9-10-16(15(12-13)17(3,4)5)19-11-7-6-8-14(2)18/h9-10,12H,6-8,11H2,1-5H3. The van der Waals surface area contributed by atoms with E-state index >= 15 is 0 Å². The van der Waals surface area contributed by atoms with Crippen molar-refractivity contribution in [2.24, 2.45) is 0 Å². The van der Waals surface area contributed by atoms with E-state index in [-0.39, 0.29) is 11.2 Å². The molecule has 0 aliphatic heterocycles. The van der Waals surface area contributed by atoms with E-state index in [2.05, 4.69) is 45.9 Å². The summed E-state index contributed by atoms with van der Waals surface area (Å²) in [5.74, 6) is 1.23. The normalized spacial score (nSPS) is 11.4. The van der Waals surface area contributed by atoms with Gasteiger partial charge in [0, 0.05) is 6.42 Å². The molecular formula is C17H26O2. The van der Waals surface area contributed by atoms with Crippen LogP contribution in [0.2, 0.25) is 0 Å². The average Bonchev–Trinajstić information content (AvgIpc) is 2.28. The highest BCUT2D eigenvalue weighted by atomic mass is 16.5. The Hall–Kier alpha value is -1.31. The van der Waals surface area contributed by atoms with Crippen LogP contribution in [0.5, 0.6) is 5.75 Å². The molecule has 0 bridgehead atoms. The highest BCUT2D eigenvalue weighted by molar-refractivity contribution is 5.75. The second-order valence-corrected chi connectivity index (χ2v) is 6.26. The number of ether oxygens (including phenoxy) is 1. The number of hydrogen-bond acceptors (Lipinski definition) is 2. The largest absolute Gasteiger partial charge is 0.493 e. The molecule has 2 nitrogen and oxygen atoms in total. The Labute approximate surface area is 117 Å². The van der Waals surface area contributed by atoms with E-state index in [0.29, 0.717) is 13.0 Å². The van der Waals surface area contributed by atoms with Crippen LogP contribution < -0.4 is 4.74 Å². The van der Waals surface area contributed by atoms with Gasteiger partial charge in [0.25, 0.3) is 0 Å². The number of unbranched alkanes of at least 4 members (excludes halogenated alkanes) is 1. The molecule has 2 heteroatoms. The number of carbonyl (C=O) groups is 1. The summed E-state index contributed by atoms with van der Waals surface area (Å²) in [4.78, 5) is 10.9. The lowest BCUT2D eigenvalue weighted by Gasteiger charge is -2.23. The Bertz CT molecular complexity index is 427. The van der Waals surface area contributed by atoms with E-state index in [1.165, 1.54) is 11.1 Å². The monoisotopic (exact) mass is 262 g/mol. The molecule has 0 radical (unpaired) electrons. The van der Waals surface area contributed by atoms with Crippen LogP contribution in [0.3, 0.4) is 0 Å². The molecule has 0 atom stereocenters. The van der Waals surface area contributed by atoms with Gasteiger partial charge in [-0.15, -0.1) is 0 Å². The van der Waals surface area contributed by atoms with Crippen molar-refractivity contribution in [3.8, 4) is 5.75 Å². The molecule has 1 aromatic carbocycles. The zero-order valence-corrected chi connectivity index (χ0v) is 12.9. The SMILES string of the molecule is CC(=O)CCCCOc1ccc(C)cc1C(C)(C)C. The van der Waals surface area contributed by atoms with Crippen LogP contribution in [-0.4, -0.2) is 12.4 Å². The summed E-state index contributed by atoms with van der Waals surface area (Å²) < 4.78 is 5.89. The number of carbonyl (C=O) groups excluding carboxylic acids is 1. The number of hydrogen-bond donors (Lipinski definition) is 0. The summed E-state index contributed by atoms with van der Waals surface area (Å²) in [6.45, 7) is 11.0. The molecule has 0 spiro atoms. The lowest BCUT2D eigenvalue weighted by Crippen LogP contribution is -2.14. The molecule has 1 rings (SSSR count). The third kappa shape index (κ3) is 5.46. The van der Waals surface area contributed by atoms with Crippen LogP contribution in [0.15, 0.2) is 18.2 Å². The van der Waals surface area contributed by atoms with Gasteiger partial charge in [-0.3, -0.25) is 0 Å². The van der Waals surface area contributed by atoms with Crippen LogP contribution in [0.1, 0.15) is 58.1 Å². The summed E-state index contributed by atoms with van der Waals surface area (Å²) in [6.07, 6.45) is 2.49. The van der Waals surface area contributed by atoms with Crippen molar-refractivity contribution >= 4 is 5.78 Å². The average molecular weight is 262 g/mol. The van der Waals surface area contributed by atoms with Crippen molar-refractivity contribution in [3.63, 3.8) is 0 Å². The lowest BCUT2D eigenvalue weighted by atomic mass is 9.85. The van der Waals surface area contributed by atoms with Gasteiger partial charge in [-0.25, -0.2) is 0 Å². The highest BCUT2D eigenvalue weighted by Crippen LogP contribution is 2.32. The highest BCUT2D eigenvalue weighted by Gasteiger charge is 2.18. The minimum atomic E-state index is 0.0841. The van der Waals surface area contributed by atoms with Crippen molar-refractivity contribution in [2.75, 3.05) is 6.61 Å². The van der Waals surface area contributed by atoms with Gasteiger partial charge in [0.1, 0.15) is 11.5 Å². The predicted octanol–water partition coefficient (Wildman–Crippen LogP) is 4.43. The first-order valence-electron chi connectivity index (χ1n) is 7.04. The van der Waals surface area contributed by atoms with Gasteiger partial charge in [-0.05, 0) is 43.7 Å². The van der Waals surface area contributed by atoms with Crippen LogP contribution in [-0.2, 0) is 10.2 Å². The molecule has 0 unspecified atom stereocenters. The molecule has 0 aliphatic rings. The van der Waals surface area contributed by atoms with Crippen molar-refractivity contribution < 1.29 is 9.53 Å². The molecule has 0 saturated heterocycles. The van der Waals surface area contributed by atoms with Gasteiger partial charge in [0.2, 0.25) is 0 Å². The number of ketones is 1. The van der Waals surface area contributed by atoms with Gasteiger partial charge in [-0.2, -0.15) is 0 Å². The first-order chi connectivity index (χ1) is 8.80. The third-order valence-corrected chi connectivity index (χ3v) is 3.12. The molecule has 0 saturated carbocycles. The zero-order chi connectivity index (χ0) is 14.5. The van der Waals surface area contributed by atoms with Crippen LogP contribution in [0.4, 0.5) is 0 Å². The first-order valence-corrected chi connectivity index (χ1v) is 7.04. The number of aryl methyl sites for hydroxylation is 1. The quantitative estimate of drug-likeness (QED) is 0.709. The molecule has 19 heavy (non-hydrogen) atoms. The minimum Gasteiger partial charge on any atom is -0.493 e. The molecule has 0 amide bonds. The summed E-state index contributed by atoms with van der Waals surface area (Å²) in [6, 6.07) is 6.34. The number of benzene rings is 1. The Kier molecular flexibility index (Phi) is 5.59. The molecule has 1 aromatic rings. The fraction of sp³-hybridized carbons (Fsp3) is 0.588. The molecule has 0 aliphatic carbocycles. The number of rotatable bonds is 6. The third-order valence-electron chi connectivity index (χ3n) is 3.12. The molecule has 0 heterocycles. The van der Waals surface area contributed by atoms with Gasteiger partial charge < -0.3 is 9.53 Å². The smallest absolute Gasteiger partial charge is 0.129 e. The molecule has 0 fully saturated rings. The molecule has 0 N–H and O–H groups in total. The first kappa shape index (κ1) is 15.7. The van der Waals surface area contributed by atoms with E-state index in [4.69, 9.17) is 4.74 Å². The fourth-order valence-corrected chi connectivity index (χ4v) is 2.01. The molecule has 106 valence electrons. The number of Topliss-reactive ketones (excluding diaryl/α,β-unsaturated/α-hetero) is 1. The fourth-order valence-electron chi connectivity index (χ4n) is 2.01. The summed E-state index contributed by atoms with van der Waals surface area (Å²) in [5, 5.41) is 0. The van der Waals surface area contributed by atoms with Gasteiger partial charge in [-0.1, -0.05) is 38.5 Å². The zero-order valence-electron chi connectivity index (χ0n) is 12.9. The van der Waals surface area contributed by atoms with Gasteiger partial charge >= 0.3 is 0 Å².